The van der Waals surface area contributed by atoms with Crippen molar-refractivity contribution < 1.29 is 0 Å². The molecule has 2 nitrogen and oxygen atoms in total. The Labute approximate surface area is 248 Å². The van der Waals surface area contributed by atoms with Gasteiger partial charge in [0.25, 0.3) is 0 Å². The van der Waals surface area contributed by atoms with E-state index in [0.29, 0.717) is 0 Å². The SMILES string of the molecule is CCCCc1cc(N=C(C=N)c2cc(CCCC)c(CCCC)c(CCCC)c2)cc(CCCC)c1CCCC. The van der Waals surface area contributed by atoms with Crippen LogP contribution in [0.4, 0.5) is 5.69 Å². The monoisotopic (exact) mass is 544 g/mol. The van der Waals surface area contributed by atoms with E-state index in [1.54, 1.807) is 11.1 Å². The summed E-state index contributed by atoms with van der Waals surface area (Å²) in [5.74, 6) is 0. The van der Waals surface area contributed by atoms with Gasteiger partial charge in [0, 0.05) is 11.8 Å². The second kappa shape index (κ2) is 19.8. The molecule has 0 unspecified atom stereocenters. The smallest absolute Gasteiger partial charge is 0.0884 e. The van der Waals surface area contributed by atoms with E-state index >= 15 is 0 Å². The van der Waals surface area contributed by atoms with E-state index in [-0.39, 0.29) is 0 Å². The number of rotatable bonds is 21. The molecule has 0 aliphatic carbocycles. The first-order valence-electron chi connectivity index (χ1n) is 16.9. The van der Waals surface area contributed by atoms with Crippen molar-refractivity contribution in [1.82, 2.24) is 0 Å². The van der Waals surface area contributed by atoms with Gasteiger partial charge in [-0.1, -0.05) is 80.1 Å². The van der Waals surface area contributed by atoms with Gasteiger partial charge in [0.1, 0.15) is 0 Å². The van der Waals surface area contributed by atoms with Crippen molar-refractivity contribution in [1.29, 1.82) is 5.41 Å². The zero-order valence-corrected chi connectivity index (χ0v) is 27.1. The van der Waals surface area contributed by atoms with Gasteiger partial charge in [0.2, 0.25) is 0 Å². The molecule has 2 rings (SSSR count). The fourth-order valence-corrected chi connectivity index (χ4v) is 5.82. The summed E-state index contributed by atoms with van der Waals surface area (Å²) in [5, 5.41) is 8.43. The van der Waals surface area contributed by atoms with E-state index in [4.69, 9.17) is 10.4 Å². The van der Waals surface area contributed by atoms with Crippen molar-refractivity contribution in [3.05, 3.63) is 63.2 Å². The number of aliphatic imine (C=N–C) groups is 1. The van der Waals surface area contributed by atoms with Crippen LogP contribution in [-0.2, 0) is 38.5 Å². The van der Waals surface area contributed by atoms with Crippen LogP contribution in [0.25, 0.3) is 0 Å². The van der Waals surface area contributed by atoms with E-state index in [1.165, 1.54) is 118 Å². The molecule has 2 aromatic carbocycles. The van der Waals surface area contributed by atoms with E-state index in [2.05, 4.69) is 65.8 Å². The largest absolute Gasteiger partial charge is 0.306 e. The van der Waals surface area contributed by atoms with Gasteiger partial charge in [-0.25, -0.2) is 4.99 Å². The maximum atomic E-state index is 8.43. The Morgan fingerprint density at radius 3 is 1.18 bits per heavy atom. The van der Waals surface area contributed by atoms with Crippen LogP contribution < -0.4 is 0 Å². The lowest BCUT2D eigenvalue weighted by atomic mass is 9.88. The second-order valence-corrected chi connectivity index (χ2v) is 11.8. The molecule has 40 heavy (non-hydrogen) atoms. The molecule has 0 aliphatic heterocycles. The third-order valence-electron chi connectivity index (χ3n) is 8.30. The third kappa shape index (κ3) is 10.6. The standard InChI is InChI=1S/C38H60N2/c1-7-13-19-30-25-34(26-31(20-14-8-2)36(30)23-17-11-5)38(29-39)40-35-27-32(21-15-9-3)37(24-18-12-6)33(28-35)22-16-10-4/h25-29,39H,7-24H2,1-6H3. The van der Waals surface area contributed by atoms with E-state index in [9.17, 15) is 0 Å². The van der Waals surface area contributed by atoms with E-state index in [0.717, 1.165) is 42.6 Å². The molecule has 0 bridgehead atoms. The number of hydrogen-bond donors (Lipinski definition) is 1. The van der Waals surface area contributed by atoms with E-state index < -0.39 is 0 Å². The Kier molecular flexibility index (Phi) is 16.8. The van der Waals surface area contributed by atoms with Crippen LogP contribution in [0.3, 0.4) is 0 Å². The Balaban J connectivity index is 2.67. The quantitative estimate of drug-likeness (QED) is 0.152. The number of nitrogens with one attached hydrogen (secondary N) is 1. The Morgan fingerprint density at radius 1 is 0.525 bits per heavy atom. The summed E-state index contributed by atoms with van der Waals surface area (Å²) in [4.78, 5) is 5.21. The van der Waals surface area contributed by atoms with Gasteiger partial charge in [-0.3, -0.25) is 0 Å². The van der Waals surface area contributed by atoms with Crippen molar-refractivity contribution in [3.8, 4) is 0 Å². The molecule has 0 atom stereocenters. The average molecular weight is 545 g/mol. The zero-order chi connectivity index (χ0) is 29.2. The van der Waals surface area contributed by atoms with E-state index in [1.807, 2.05) is 0 Å². The maximum Gasteiger partial charge on any atom is 0.0884 e. The van der Waals surface area contributed by atoms with Crippen LogP contribution in [0.15, 0.2) is 29.3 Å². The van der Waals surface area contributed by atoms with Gasteiger partial charge >= 0.3 is 0 Å². The molecule has 222 valence electrons. The molecule has 0 amide bonds. The summed E-state index contributed by atoms with van der Waals surface area (Å²) >= 11 is 0. The number of unbranched alkanes of at least 4 members (excludes halogenated alkanes) is 6. The van der Waals surface area contributed by atoms with Crippen LogP contribution in [0.5, 0.6) is 0 Å². The van der Waals surface area contributed by atoms with Gasteiger partial charge in [0.15, 0.2) is 0 Å². The molecule has 0 aromatic heterocycles. The minimum atomic E-state index is 0.807. The van der Waals surface area contributed by atoms with Crippen LogP contribution in [0.1, 0.15) is 158 Å². The summed E-state index contributed by atoms with van der Waals surface area (Å²) in [6, 6.07) is 9.47. The Bertz CT molecular complexity index is 987. The predicted octanol–water partition coefficient (Wildman–Crippen LogP) is 11.5. The molecular formula is C38H60N2. The molecule has 0 aliphatic rings. The summed E-state index contributed by atoms with van der Waals surface area (Å²) in [6.07, 6.45) is 23.0. The van der Waals surface area contributed by atoms with Gasteiger partial charge in [0.05, 0.1) is 11.4 Å². The summed E-state index contributed by atoms with van der Waals surface area (Å²) in [6.45, 7) is 13.7. The molecule has 0 saturated heterocycles. The molecule has 0 spiro atoms. The van der Waals surface area contributed by atoms with Crippen LogP contribution in [0, 0.1) is 5.41 Å². The van der Waals surface area contributed by atoms with Crippen LogP contribution >= 0.6 is 0 Å². The fourth-order valence-electron chi connectivity index (χ4n) is 5.82. The van der Waals surface area contributed by atoms with Crippen molar-refractivity contribution in [2.45, 2.75) is 157 Å². The highest BCUT2D eigenvalue weighted by Crippen LogP contribution is 2.30. The lowest BCUT2D eigenvalue weighted by Gasteiger charge is -2.19. The maximum absolute atomic E-state index is 8.43. The number of aryl methyl sites for hydroxylation is 4. The summed E-state index contributed by atoms with van der Waals surface area (Å²) in [5.41, 5.74) is 12.1. The third-order valence-corrected chi connectivity index (χ3v) is 8.30. The fraction of sp³-hybridized carbons (Fsp3) is 0.632. The van der Waals surface area contributed by atoms with Gasteiger partial charge < -0.3 is 5.41 Å². The van der Waals surface area contributed by atoms with Gasteiger partial charge in [-0.15, -0.1) is 0 Å². The summed E-state index contributed by atoms with van der Waals surface area (Å²) in [7, 11) is 0. The van der Waals surface area contributed by atoms with Crippen molar-refractivity contribution in [2.24, 2.45) is 4.99 Å². The normalized spacial score (nSPS) is 11.8. The highest BCUT2D eigenvalue weighted by molar-refractivity contribution is 6.37. The molecule has 1 N–H and O–H groups in total. The number of hydrogen-bond acceptors (Lipinski definition) is 2. The first kappa shape index (κ1) is 34.0. The molecule has 0 fully saturated rings. The molecule has 0 radical (unpaired) electrons. The Morgan fingerprint density at radius 2 is 0.850 bits per heavy atom. The molecule has 0 heterocycles. The zero-order valence-electron chi connectivity index (χ0n) is 27.1. The van der Waals surface area contributed by atoms with Crippen molar-refractivity contribution in [3.63, 3.8) is 0 Å². The first-order chi connectivity index (χ1) is 19.6. The summed E-state index contributed by atoms with van der Waals surface area (Å²) < 4.78 is 0. The van der Waals surface area contributed by atoms with Crippen LogP contribution in [-0.4, -0.2) is 11.9 Å². The Hall–Kier alpha value is -2.22. The number of nitrogens with zero attached hydrogens (tertiary/aromatic N) is 1. The minimum absolute atomic E-state index is 0.807. The molecular weight excluding hydrogens is 484 g/mol. The highest BCUT2D eigenvalue weighted by Gasteiger charge is 2.15. The topological polar surface area (TPSA) is 36.2 Å². The van der Waals surface area contributed by atoms with Gasteiger partial charge in [-0.05, 0) is 135 Å². The lowest BCUT2D eigenvalue weighted by Crippen LogP contribution is -2.09. The molecule has 2 aromatic rings. The van der Waals surface area contributed by atoms with Crippen LogP contribution in [0.2, 0.25) is 0 Å². The highest BCUT2D eigenvalue weighted by atomic mass is 14.8. The van der Waals surface area contributed by atoms with Crippen molar-refractivity contribution in [2.75, 3.05) is 0 Å². The average Bonchev–Trinajstić information content (AvgIpc) is 2.97. The predicted molar refractivity (Wildman–Crippen MR) is 180 cm³/mol. The second-order valence-electron chi connectivity index (χ2n) is 11.8. The lowest BCUT2D eigenvalue weighted by molar-refractivity contribution is 0.734. The minimum Gasteiger partial charge on any atom is -0.306 e. The molecule has 2 heteroatoms. The van der Waals surface area contributed by atoms with Gasteiger partial charge in [-0.2, -0.15) is 0 Å². The molecule has 0 saturated carbocycles. The first-order valence-corrected chi connectivity index (χ1v) is 16.9. The number of benzene rings is 2. The van der Waals surface area contributed by atoms with Crippen molar-refractivity contribution >= 4 is 17.6 Å².